The molecule has 0 aromatic carbocycles. The number of carbonyl (C=O) groups excluding carboxylic acids is 2. The molecule has 0 saturated carbocycles. The minimum Gasteiger partial charge on any atom is -0.381 e. The minimum atomic E-state index is -0.301. The van der Waals surface area contributed by atoms with E-state index < -0.39 is 0 Å². The lowest BCUT2D eigenvalue weighted by Crippen LogP contribution is -2.43. The van der Waals surface area contributed by atoms with Gasteiger partial charge in [-0.25, -0.2) is 4.98 Å². The lowest BCUT2D eigenvalue weighted by molar-refractivity contribution is -0.141. The van der Waals surface area contributed by atoms with Crippen molar-refractivity contribution < 1.29 is 19.1 Å². The Kier molecular flexibility index (Phi) is 6.71. The van der Waals surface area contributed by atoms with Crippen LogP contribution in [0.2, 0.25) is 0 Å². The van der Waals surface area contributed by atoms with Crippen molar-refractivity contribution >= 4 is 23.2 Å². The number of amides is 2. The molecule has 2 fully saturated rings. The van der Waals surface area contributed by atoms with E-state index in [1.807, 2.05) is 30.5 Å². The monoisotopic (exact) mass is 430 g/mol. The van der Waals surface area contributed by atoms with Crippen molar-refractivity contribution in [2.24, 2.45) is 5.92 Å². The first-order valence-corrected chi connectivity index (χ1v) is 11.0. The molecule has 9 heteroatoms. The Morgan fingerprint density at radius 3 is 2.93 bits per heavy atom. The molecule has 2 amide bonds. The van der Waals surface area contributed by atoms with Gasteiger partial charge in [-0.05, 0) is 25.5 Å². The van der Waals surface area contributed by atoms with Crippen molar-refractivity contribution in [2.75, 3.05) is 32.8 Å². The highest BCUT2D eigenvalue weighted by atomic mass is 32.1. The number of aryl methyl sites for hydroxylation is 1. The molecule has 2 aromatic rings. The number of thiazole rings is 1. The molecule has 0 N–H and O–H groups in total. The van der Waals surface area contributed by atoms with Gasteiger partial charge in [0.15, 0.2) is 0 Å². The number of ether oxygens (including phenoxy) is 2. The summed E-state index contributed by atoms with van der Waals surface area (Å²) in [4.78, 5) is 38.1. The van der Waals surface area contributed by atoms with Crippen LogP contribution < -0.4 is 0 Å². The molecule has 2 aromatic heterocycles. The van der Waals surface area contributed by atoms with Crippen LogP contribution in [0.4, 0.5) is 0 Å². The zero-order chi connectivity index (χ0) is 20.9. The highest BCUT2D eigenvalue weighted by molar-refractivity contribution is 7.09. The van der Waals surface area contributed by atoms with Crippen molar-refractivity contribution in [3.05, 3.63) is 46.2 Å². The van der Waals surface area contributed by atoms with Crippen LogP contribution in [-0.2, 0) is 32.2 Å². The van der Waals surface area contributed by atoms with Gasteiger partial charge in [0.1, 0.15) is 0 Å². The van der Waals surface area contributed by atoms with Crippen molar-refractivity contribution in [2.45, 2.75) is 32.6 Å². The molecule has 0 spiro atoms. The second-order valence-corrected chi connectivity index (χ2v) is 8.73. The Morgan fingerprint density at radius 2 is 2.23 bits per heavy atom. The summed E-state index contributed by atoms with van der Waals surface area (Å²) in [7, 11) is 0. The van der Waals surface area contributed by atoms with Crippen molar-refractivity contribution in [3.63, 3.8) is 0 Å². The minimum absolute atomic E-state index is 0.0290. The third-order valence-electron chi connectivity index (χ3n) is 5.33. The first-order chi connectivity index (χ1) is 14.6. The van der Waals surface area contributed by atoms with E-state index in [2.05, 4.69) is 9.97 Å². The molecule has 2 unspecified atom stereocenters. The average Bonchev–Trinajstić information content (AvgIpc) is 3.40. The maximum atomic E-state index is 13.0. The predicted octanol–water partition coefficient (Wildman–Crippen LogP) is 1.64. The molecule has 0 aliphatic carbocycles. The highest BCUT2D eigenvalue weighted by Crippen LogP contribution is 2.20. The van der Waals surface area contributed by atoms with Gasteiger partial charge in [0.2, 0.25) is 11.8 Å². The quantitative estimate of drug-likeness (QED) is 0.693. The Hall–Kier alpha value is -2.36. The van der Waals surface area contributed by atoms with Gasteiger partial charge < -0.3 is 19.3 Å². The topological polar surface area (TPSA) is 84.9 Å². The van der Waals surface area contributed by atoms with Gasteiger partial charge in [-0.3, -0.25) is 14.6 Å². The van der Waals surface area contributed by atoms with Crippen LogP contribution >= 0.6 is 11.3 Å². The van der Waals surface area contributed by atoms with Gasteiger partial charge in [-0.2, -0.15) is 0 Å². The lowest BCUT2D eigenvalue weighted by atomic mass is 10.1. The summed E-state index contributed by atoms with van der Waals surface area (Å²) in [5, 5.41) is 2.93. The Morgan fingerprint density at radius 1 is 1.33 bits per heavy atom. The van der Waals surface area contributed by atoms with Crippen molar-refractivity contribution in [3.8, 4) is 0 Å². The number of hydrogen-bond acceptors (Lipinski definition) is 7. The number of rotatable bonds is 6. The van der Waals surface area contributed by atoms with E-state index in [-0.39, 0.29) is 30.4 Å². The average molecular weight is 431 g/mol. The van der Waals surface area contributed by atoms with Gasteiger partial charge >= 0.3 is 0 Å². The molecule has 160 valence electrons. The van der Waals surface area contributed by atoms with Crippen molar-refractivity contribution in [1.29, 1.82) is 0 Å². The second kappa shape index (κ2) is 9.63. The fraction of sp³-hybridized carbons (Fsp3) is 0.524. The summed E-state index contributed by atoms with van der Waals surface area (Å²) in [5.41, 5.74) is 1.68. The van der Waals surface area contributed by atoms with E-state index in [0.717, 1.165) is 16.4 Å². The lowest BCUT2D eigenvalue weighted by Gasteiger charge is -2.25. The molecule has 30 heavy (non-hydrogen) atoms. The van der Waals surface area contributed by atoms with Gasteiger partial charge in [0, 0.05) is 31.3 Å². The largest absolute Gasteiger partial charge is 0.381 e. The summed E-state index contributed by atoms with van der Waals surface area (Å²) in [6, 6.07) is 5.67. The Labute approximate surface area is 179 Å². The zero-order valence-electron chi connectivity index (χ0n) is 17.0. The van der Waals surface area contributed by atoms with E-state index >= 15 is 0 Å². The van der Waals surface area contributed by atoms with E-state index in [1.165, 1.54) is 0 Å². The van der Waals surface area contributed by atoms with Gasteiger partial charge in [-0.1, -0.05) is 6.07 Å². The van der Waals surface area contributed by atoms with Crippen molar-refractivity contribution in [1.82, 2.24) is 19.8 Å². The maximum Gasteiger partial charge on any atom is 0.242 e. The first kappa shape index (κ1) is 20.9. The fourth-order valence-electron chi connectivity index (χ4n) is 3.76. The maximum absolute atomic E-state index is 13.0. The van der Waals surface area contributed by atoms with Crippen LogP contribution in [0.5, 0.6) is 0 Å². The van der Waals surface area contributed by atoms with E-state index in [0.29, 0.717) is 45.9 Å². The molecule has 0 bridgehead atoms. The molecule has 0 radical (unpaired) electrons. The van der Waals surface area contributed by atoms with Crippen LogP contribution in [0, 0.1) is 12.8 Å². The van der Waals surface area contributed by atoms with Crippen LogP contribution in [0.15, 0.2) is 29.8 Å². The molecular weight excluding hydrogens is 404 g/mol. The number of hydrogen-bond donors (Lipinski definition) is 0. The zero-order valence-corrected chi connectivity index (χ0v) is 17.8. The second-order valence-electron chi connectivity index (χ2n) is 7.67. The normalized spacial score (nSPS) is 22.4. The molecular formula is C21H26N4O4S. The number of carbonyl (C=O) groups is 2. The molecule has 2 atom stereocenters. The fourth-order valence-corrected chi connectivity index (χ4v) is 4.36. The molecule has 2 saturated heterocycles. The smallest absolute Gasteiger partial charge is 0.242 e. The van der Waals surface area contributed by atoms with E-state index in [4.69, 9.17) is 9.47 Å². The standard InChI is InChI=1S/C21H26N4O4S/c1-15-23-18(14-30-15)8-24-9-19(29-13-17-4-2-3-6-22-17)10-25(11-20(24)26)21(27)16-5-7-28-12-16/h2-4,6,14,16,19H,5,7-13H2,1H3. The molecule has 2 aliphatic heterocycles. The SMILES string of the molecule is Cc1nc(CN2CC(OCc3ccccn3)CN(C(=O)C3CCOC3)CC2=O)cs1. The number of aromatic nitrogens is 2. The summed E-state index contributed by atoms with van der Waals surface area (Å²) in [6.45, 7) is 4.55. The highest BCUT2D eigenvalue weighted by Gasteiger charge is 2.35. The number of pyridine rings is 1. The summed E-state index contributed by atoms with van der Waals surface area (Å²) >= 11 is 1.56. The Balaban J connectivity index is 1.48. The number of nitrogens with zero attached hydrogens (tertiary/aromatic N) is 4. The van der Waals surface area contributed by atoms with E-state index in [9.17, 15) is 9.59 Å². The van der Waals surface area contributed by atoms with E-state index in [1.54, 1.807) is 27.3 Å². The summed E-state index contributed by atoms with van der Waals surface area (Å²) in [6.07, 6.45) is 2.12. The molecule has 2 aliphatic rings. The van der Waals surface area contributed by atoms with Gasteiger partial charge in [-0.15, -0.1) is 11.3 Å². The third kappa shape index (κ3) is 5.21. The van der Waals surface area contributed by atoms with Crippen LogP contribution in [-0.4, -0.2) is 70.5 Å². The Bertz CT molecular complexity index is 869. The van der Waals surface area contributed by atoms with Crippen LogP contribution in [0.3, 0.4) is 0 Å². The third-order valence-corrected chi connectivity index (χ3v) is 6.15. The molecule has 4 heterocycles. The van der Waals surface area contributed by atoms with Gasteiger partial charge in [0.05, 0.1) is 54.7 Å². The van der Waals surface area contributed by atoms with Crippen LogP contribution in [0.25, 0.3) is 0 Å². The van der Waals surface area contributed by atoms with Crippen LogP contribution in [0.1, 0.15) is 22.8 Å². The molecule has 8 nitrogen and oxygen atoms in total. The van der Waals surface area contributed by atoms with Gasteiger partial charge in [0.25, 0.3) is 0 Å². The molecule has 4 rings (SSSR count). The first-order valence-electron chi connectivity index (χ1n) is 10.2. The summed E-state index contributed by atoms with van der Waals surface area (Å²) in [5.74, 6) is -0.294. The predicted molar refractivity (Wildman–Crippen MR) is 111 cm³/mol. The summed E-state index contributed by atoms with van der Waals surface area (Å²) < 4.78 is 11.5.